The molecule has 0 aliphatic heterocycles. The minimum absolute atomic E-state index is 0.405. The van der Waals surface area contributed by atoms with Crippen molar-refractivity contribution < 1.29 is 8.42 Å². The number of rotatable bonds is 9. The third kappa shape index (κ3) is 6.07. The topological polar surface area (TPSA) is 76.9 Å². The van der Waals surface area contributed by atoms with Gasteiger partial charge in [0.1, 0.15) is 0 Å². The second-order valence-corrected chi connectivity index (χ2v) is 9.58. The highest BCUT2D eigenvalue weighted by molar-refractivity contribution is 7.99. The Morgan fingerprint density at radius 2 is 1.79 bits per heavy atom. The van der Waals surface area contributed by atoms with E-state index in [0.717, 1.165) is 34.1 Å². The van der Waals surface area contributed by atoms with Gasteiger partial charge in [0.05, 0.1) is 12.8 Å². The lowest BCUT2D eigenvalue weighted by molar-refractivity contribution is 0.587. The van der Waals surface area contributed by atoms with Crippen LogP contribution in [0.4, 0.5) is 0 Å². The lowest BCUT2D eigenvalue weighted by Crippen LogP contribution is -2.23. The van der Waals surface area contributed by atoms with Gasteiger partial charge in [-0.25, -0.2) is 13.1 Å². The van der Waals surface area contributed by atoms with Gasteiger partial charge in [0.2, 0.25) is 10.0 Å². The largest absolute Gasteiger partial charge is 0.298 e. The third-order valence-corrected chi connectivity index (χ3v) is 5.95. The summed E-state index contributed by atoms with van der Waals surface area (Å²) in [6.07, 6.45) is 1.86. The zero-order valence-corrected chi connectivity index (χ0v) is 17.8. The van der Waals surface area contributed by atoms with Crippen molar-refractivity contribution in [3.05, 3.63) is 65.2 Å². The Labute approximate surface area is 174 Å². The lowest BCUT2D eigenvalue weighted by atomic mass is 10.2. The zero-order valence-electron chi connectivity index (χ0n) is 15.4. The first-order valence-electron chi connectivity index (χ1n) is 8.73. The Morgan fingerprint density at radius 1 is 1.07 bits per heavy atom. The third-order valence-electron chi connectivity index (χ3n) is 3.92. The van der Waals surface area contributed by atoms with Gasteiger partial charge >= 0.3 is 0 Å². The van der Waals surface area contributed by atoms with E-state index in [2.05, 4.69) is 31.6 Å². The summed E-state index contributed by atoms with van der Waals surface area (Å²) in [6, 6.07) is 17.7. The van der Waals surface area contributed by atoms with Crippen LogP contribution in [-0.4, -0.2) is 41.7 Å². The molecule has 2 aromatic carbocycles. The van der Waals surface area contributed by atoms with E-state index in [1.807, 2.05) is 42.5 Å². The highest BCUT2D eigenvalue weighted by Gasteiger charge is 2.15. The molecule has 28 heavy (non-hydrogen) atoms. The SMILES string of the molecule is CS(=O)(=O)NCCCSc1nnc(-c2ccc(Cl)cc2)n1Cc1ccccc1. The predicted octanol–water partition coefficient (Wildman–Crippen LogP) is 3.68. The summed E-state index contributed by atoms with van der Waals surface area (Å²) in [5.74, 6) is 1.51. The smallest absolute Gasteiger partial charge is 0.208 e. The first kappa shape index (κ1) is 20.9. The van der Waals surface area contributed by atoms with E-state index in [0.29, 0.717) is 24.5 Å². The molecule has 1 aromatic heterocycles. The maximum atomic E-state index is 11.2. The minimum atomic E-state index is -3.16. The van der Waals surface area contributed by atoms with Crippen molar-refractivity contribution in [2.45, 2.75) is 18.1 Å². The normalized spacial score (nSPS) is 11.6. The van der Waals surface area contributed by atoms with Gasteiger partial charge in [0.15, 0.2) is 11.0 Å². The van der Waals surface area contributed by atoms with Crippen molar-refractivity contribution in [2.75, 3.05) is 18.6 Å². The van der Waals surface area contributed by atoms with Gasteiger partial charge in [-0.05, 0) is 36.2 Å². The monoisotopic (exact) mass is 436 g/mol. The summed E-state index contributed by atoms with van der Waals surface area (Å²) >= 11 is 7.57. The van der Waals surface area contributed by atoms with E-state index in [9.17, 15) is 8.42 Å². The van der Waals surface area contributed by atoms with Crippen molar-refractivity contribution in [1.29, 1.82) is 0 Å². The van der Waals surface area contributed by atoms with Gasteiger partial charge in [0, 0.05) is 22.9 Å². The first-order chi connectivity index (χ1) is 13.4. The van der Waals surface area contributed by atoms with Crippen LogP contribution in [0, 0.1) is 0 Å². The molecule has 1 N–H and O–H groups in total. The highest BCUT2D eigenvalue weighted by Crippen LogP contribution is 2.26. The van der Waals surface area contributed by atoms with Crippen LogP contribution in [-0.2, 0) is 16.6 Å². The van der Waals surface area contributed by atoms with E-state index in [-0.39, 0.29) is 0 Å². The van der Waals surface area contributed by atoms with Gasteiger partial charge < -0.3 is 0 Å². The summed E-state index contributed by atoms with van der Waals surface area (Å²) < 4.78 is 26.9. The van der Waals surface area contributed by atoms with Crippen LogP contribution in [0.5, 0.6) is 0 Å². The van der Waals surface area contributed by atoms with E-state index in [4.69, 9.17) is 11.6 Å². The number of nitrogens with zero attached hydrogens (tertiary/aromatic N) is 3. The van der Waals surface area contributed by atoms with Gasteiger partial charge in [0.25, 0.3) is 0 Å². The Kier molecular flexibility index (Phi) is 7.12. The molecule has 0 unspecified atom stereocenters. The Hall–Kier alpha value is -1.87. The predicted molar refractivity (Wildman–Crippen MR) is 114 cm³/mol. The second-order valence-electron chi connectivity index (χ2n) is 6.25. The summed E-state index contributed by atoms with van der Waals surface area (Å²) in [7, 11) is -3.16. The summed E-state index contributed by atoms with van der Waals surface area (Å²) in [6.45, 7) is 1.05. The molecule has 3 rings (SSSR count). The van der Waals surface area contributed by atoms with Crippen LogP contribution in [0.2, 0.25) is 5.02 Å². The highest BCUT2D eigenvalue weighted by atomic mass is 35.5. The molecule has 0 atom stereocenters. The molecule has 6 nitrogen and oxygen atoms in total. The number of thioether (sulfide) groups is 1. The van der Waals surface area contributed by atoms with Crippen LogP contribution in [0.1, 0.15) is 12.0 Å². The van der Waals surface area contributed by atoms with Crippen LogP contribution >= 0.6 is 23.4 Å². The van der Waals surface area contributed by atoms with Crippen molar-refractivity contribution in [3.8, 4) is 11.4 Å². The zero-order chi connectivity index (χ0) is 20.0. The Balaban J connectivity index is 1.78. The van der Waals surface area contributed by atoms with Gasteiger partial charge in [-0.2, -0.15) is 0 Å². The Bertz CT molecular complexity index is 1010. The molecule has 0 aliphatic carbocycles. The number of sulfonamides is 1. The molecule has 0 saturated carbocycles. The molecule has 0 fully saturated rings. The summed E-state index contributed by atoms with van der Waals surface area (Å²) in [5.41, 5.74) is 2.09. The number of aromatic nitrogens is 3. The quantitative estimate of drug-likeness (QED) is 0.409. The van der Waals surface area contributed by atoms with Gasteiger partial charge in [-0.3, -0.25) is 4.57 Å². The van der Waals surface area contributed by atoms with Crippen LogP contribution in [0.3, 0.4) is 0 Å². The molecular formula is C19H21ClN4O2S2. The number of hydrogen-bond acceptors (Lipinski definition) is 5. The van der Waals surface area contributed by atoms with Crippen LogP contribution < -0.4 is 4.72 Å². The van der Waals surface area contributed by atoms with Crippen LogP contribution in [0.25, 0.3) is 11.4 Å². The van der Waals surface area contributed by atoms with Crippen molar-refractivity contribution >= 4 is 33.4 Å². The molecular weight excluding hydrogens is 416 g/mol. The molecule has 0 radical (unpaired) electrons. The molecule has 0 spiro atoms. The average molecular weight is 437 g/mol. The van der Waals surface area contributed by atoms with E-state index < -0.39 is 10.0 Å². The molecule has 1 heterocycles. The van der Waals surface area contributed by atoms with E-state index in [1.165, 1.54) is 0 Å². The number of hydrogen-bond donors (Lipinski definition) is 1. The first-order valence-corrected chi connectivity index (χ1v) is 12.0. The fourth-order valence-corrected chi connectivity index (χ4v) is 4.13. The minimum Gasteiger partial charge on any atom is -0.298 e. The maximum absolute atomic E-state index is 11.2. The fraction of sp³-hybridized carbons (Fsp3) is 0.263. The standard InChI is InChI=1S/C19H21ClN4O2S2/c1-28(25,26)21-12-5-13-27-19-23-22-18(16-8-10-17(20)11-9-16)24(19)14-15-6-3-2-4-7-15/h2-4,6-11,21H,5,12-14H2,1H3. The fourth-order valence-electron chi connectivity index (χ4n) is 2.61. The van der Waals surface area contributed by atoms with E-state index >= 15 is 0 Å². The van der Waals surface area contributed by atoms with Crippen LogP contribution in [0.15, 0.2) is 59.8 Å². The van der Waals surface area contributed by atoms with Gasteiger partial charge in [-0.15, -0.1) is 10.2 Å². The molecule has 9 heteroatoms. The Morgan fingerprint density at radius 3 is 2.46 bits per heavy atom. The van der Waals surface area contributed by atoms with E-state index in [1.54, 1.807) is 11.8 Å². The molecule has 0 aliphatic rings. The average Bonchev–Trinajstić information content (AvgIpc) is 3.04. The molecule has 0 amide bonds. The van der Waals surface area contributed by atoms with Gasteiger partial charge in [-0.1, -0.05) is 53.7 Å². The summed E-state index contributed by atoms with van der Waals surface area (Å²) in [5, 5.41) is 10.2. The molecule has 0 bridgehead atoms. The lowest BCUT2D eigenvalue weighted by Gasteiger charge is -2.11. The number of benzene rings is 2. The molecule has 3 aromatic rings. The summed E-state index contributed by atoms with van der Waals surface area (Å²) in [4.78, 5) is 0. The second kappa shape index (κ2) is 9.56. The molecule has 0 saturated heterocycles. The van der Waals surface area contributed by atoms with Crippen molar-refractivity contribution in [2.24, 2.45) is 0 Å². The number of nitrogens with one attached hydrogen (secondary N) is 1. The van der Waals surface area contributed by atoms with Crippen molar-refractivity contribution in [3.63, 3.8) is 0 Å². The maximum Gasteiger partial charge on any atom is 0.208 e. The van der Waals surface area contributed by atoms with Crippen molar-refractivity contribution in [1.82, 2.24) is 19.5 Å². The molecule has 148 valence electrons. The number of halogens is 1.